The number of aromatic nitrogens is 3. The second-order valence-electron chi connectivity index (χ2n) is 9.21. The molecule has 7 nitrogen and oxygen atoms in total. The van der Waals surface area contributed by atoms with Gasteiger partial charge in [0.1, 0.15) is 23.9 Å². The van der Waals surface area contributed by atoms with Crippen molar-refractivity contribution in [3.63, 3.8) is 0 Å². The third kappa shape index (κ3) is 5.59. The first-order valence-corrected chi connectivity index (χ1v) is 12.0. The number of carbonyl (C=O) groups is 2. The lowest BCUT2D eigenvalue weighted by molar-refractivity contribution is -0.127. The normalized spacial score (nSPS) is 12.0. The van der Waals surface area contributed by atoms with Gasteiger partial charge < -0.3 is 5.32 Å². The molecule has 0 fully saturated rings. The zero-order valence-corrected chi connectivity index (χ0v) is 20.7. The predicted molar refractivity (Wildman–Crippen MR) is 138 cm³/mol. The van der Waals surface area contributed by atoms with Crippen LogP contribution in [0.3, 0.4) is 0 Å². The van der Waals surface area contributed by atoms with E-state index in [1.54, 1.807) is 12.1 Å². The van der Waals surface area contributed by atoms with E-state index in [1.807, 2.05) is 55.5 Å². The van der Waals surface area contributed by atoms with Crippen molar-refractivity contribution < 1.29 is 14.0 Å². The monoisotopic (exact) mass is 487 g/mol. The SMILES string of the molecule is Cc1ccccc1N(C(=O)Cn1nnc2ccccc21)[C@@H](C(=O)NCCC(C)C)c1ccc(F)cc1. The Labute approximate surface area is 209 Å². The number of amides is 2. The van der Waals surface area contributed by atoms with Gasteiger partial charge in [0.2, 0.25) is 11.8 Å². The fourth-order valence-corrected chi connectivity index (χ4v) is 4.13. The summed E-state index contributed by atoms with van der Waals surface area (Å²) in [6, 6.07) is 19.5. The maximum atomic E-state index is 14.0. The molecule has 4 rings (SSSR count). The minimum absolute atomic E-state index is 0.119. The van der Waals surface area contributed by atoms with E-state index in [0.717, 1.165) is 17.5 Å². The zero-order valence-electron chi connectivity index (χ0n) is 20.7. The van der Waals surface area contributed by atoms with Crippen LogP contribution in [0, 0.1) is 18.7 Å². The minimum atomic E-state index is -0.999. The molecule has 186 valence electrons. The van der Waals surface area contributed by atoms with Gasteiger partial charge in [-0.25, -0.2) is 9.07 Å². The molecule has 0 unspecified atom stereocenters. The second kappa shape index (κ2) is 11.1. The molecule has 0 saturated heterocycles. The summed E-state index contributed by atoms with van der Waals surface area (Å²) in [5, 5.41) is 11.3. The van der Waals surface area contributed by atoms with E-state index in [-0.39, 0.29) is 18.4 Å². The van der Waals surface area contributed by atoms with Crippen LogP contribution in [-0.4, -0.2) is 33.4 Å². The summed E-state index contributed by atoms with van der Waals surface area (Å²) in [5.74, 6) is -0.680. The Morgan fingerprint density at radius 1 is 1.00 bits per heavy atom. The standard InChI is InChI=1S/C28H30FN5O2/c1-19(2)16-17-30-28(36)27(21-12-14-22(29)15-13-21)34(24-10-6-4-8-20(24)3)26(35)18-33-25-11-7-5-9-23(25)31-32-33/h4-15,19,27H,16-18H2,1-3H3,(H,30,36)/t27-/m1/s1. The average Bonchev–Trinajstić information content (AvgIpc) is 3.26. The molecule has 1 atom stereocenters. The highest BCUT2D eigenvalue weighted by Gasteiger charge is 2.34. The molecule has 36 heavy (non-hydrogen) atoms. The first-order valence-electron chi connectivity index (χ1n) is 12.0. The summed E-state index contributed by atoms with van der Waals surface area (Å²) in [5.41, 5.74) is 3.33. The highest BCUT2D eigenvalue weighted by atomic mass is 19.1. The number of fused-ring (bicyclic) bond motifs is 1. The molecule has 8 heteroatoms. The van der Waals surface area contributed by atoms with Crippen LogP contribution in [0.2, 0.25) is 0 Å². The molecule has 4 aromatic rings. The number of aryl methyl sites for hydroxylation is 1. The van der Waals surface area contributed by atoms with E-state index >= 15 is 0 Å². The topological polar surface area (TPSA) is 80.1 Å². The number of hydrogen-bond acceptors (Lipinski definition) is 4. The Morgan fingerprint density at radius 3 is 2.42 bits per heavy atom. The van der Waals surface area contributed by atoms with Crippen LogP contribution in [0.25, 0.3) is 11.0 Å². The van der Waals surface area contributed by atoms with E-state index in [4.69, 9.17) is 0 Å². The van der Waals surface area contributed by atoms with Gasteiger partial charge in [-0.15, -0.1) is 5.10 Å². The van der Waals surface area contributed by atoms with Crippen molar-refractivity contribution in [1.29, 1.82) is 0 Å². The summed E-state index contributed by atoms with van der Waals surface area (Å²) in [4.78, 5) is 29.1. The van der Waals surface area contributed by atoms with Crippen molar-refractivity contribution in [3.8, 4) is 0 Å². The van der Waals surface area contributed by atoms with E-state index in [9.17, 15) is 14.0 Å². The van der Waals surface area contributed by atoms with Crippen LogP contribution in [0.4, 0.5) is 10.1 Å². The van der Waals surface area contributed by atoms with Crippen molar-refractivity contribution in [2.24, 2.45) is 5.92 Å². The Hall–Kier alpha value is -4.07. The number of carbonyl (C=O) groups excluding carboxylic acids is 2. The summed E-state index contributed by atoms with van der Waals surface area (Å²) in [6.07, 6.45) is 0.797. The lowest BCUT2D eigenvalue weighted by Gasteiger charge is -2.32. The third-order valence-corrected chi connectivity index (χ3v) is 6.06. The summed E-state index contributed by atoms with van der Waals surface area (Å²) < 4.78 is 15.3. The second-order valence-corrected chi connectivity index (χ2v) is 9.21. The summed E-state index contributed by atoms with van der Waals surface area (Å²) in [7, 11) is 0. The number of nitrogens with one attached hydrogen (secondary N) is 1. The molecule has 0 aliphatic carbocycles. The molecule has 0 saturated carbocycles. The average molecular weight is 488 g/mol. The Bertz CT molecular complexity index is 1350. The van der Waals surface area contributed by atoms with E-state index in [2.05, 4.69) is 29.5 Å². The zero-order chi connectivity index (χ0) is 25.7. The first kappa shape index (κ1) is 25.0. The van der Waals surface area contributed by atoms with Gasteiger partial charge in [-0.2, -0.15) is 0 Å². The molecule has 0 aliphatic heterocycles. The number of hydrogen-bond donors (Lipinski definition) is 1. The molecule has 0 radical (unpaired) electrons. The van der Waals surface area contributed by atoms with E-state index in [1.165, 1.54) is 21.7 Å². The Balaban J connectivity index is 1.77. The van der Waals surface area contributed by atoms with Gasteiger partial charge >= 0.3 is 0 Å². The highest BCUT2D eigenvalue weighted by Crippen LogP contribution is 2.31. The fraction of sp³-hybridized carbons (Fsp3) is 0.286. The van der Waals surface area contributed by atoms with Gasteiger partial charge in [-0.1, -0.05) is 61.5 Å². The molecule has 0 spiro atoms. The Kier molecular flexibility index (Phi) is 7.73. The van der Waals surface area contributed by atoms with Crippen LogP contribution in [-0.2, 0) is 16.1 Å². The van der Waals surface area contributed by atoms with Crippen LogP contribution in [0.5, 0.6) is 0 Å². The number of rotatable bonds is 9. The molecule has 1 N–H and O–H groups in total. The highest BCUT2D eigenvalue weighted by molar-refractivity contribution is 6.02. The maximum absolute atomic E-state index is 14.0. The van der Waals surface area contributed by atoms with Gasteiger partial charge in [0.25, 0.3) is 0 Å². The molecule has 3 aromatic carbocycles. The molecule has 0 bridgehead atoms. The quantitative estimate of drug-likeness (QED) is 0.367. The maximum Gasteiger partial charge on any atom is 0.249 e. The first-order chi connectivity index (χ1) is 17.3. The van der Waals surface area contributed by atoms with Crippen molar-refractivity contribution >= 4 is 28.5 Å². The van der Waals surface area contributed by atoms with E-state index < -0.39 is 11.9 Å². The van der Waals surface area contributed by atoms with Gasteiger partial charge in [-0.05, 0) is 60.7 Å². The van der Waals surface area contributed by atoms with Crippen LogP contribution >= 0.6 is 0 Å². The number of halogens is 1. The Morgan fingerprint density at radius 2 is 1.69 bits per heavy atom. The van der Waals surface area contributed by atoms with Crippen LogP contribution in [0.15, 0.2) is 72.8 Å². The fourth-order valence-electron chi connectivity index (χ4n) is 4.13. The largest absolute Gasteiger partial charge is 0.354 e. The number of anilines is 1. The lowest BCUT2D eigenvalue weighted by atomic mass is 10.0. The van der Waals surface area contributed by atoms with Crippen molar-refractivity contribution in [2.75, 3.05) is 11.4 Å². The minimum Gasteiger partial charge on any atom is -0.354 e. The molecule has 2 amide bonds. The smallest absolute Gasteiger partial charge is 0.249 e. The lowest BCUT2D eigenvalue weighted by Crippen LogP contribution is -2.46. The summed E-state index contributed by atoms with van der Waals surface area (Å²) in [6.45, 7) is 6.40. The number of benzene rings is 3. The van der Waals surface area contributed by atoms with Crippen LogP contribution < -0.4 is 10.2 Å². The molecule has 1 heterocycles. The third-order valence-electron chi connectivity index (χ3n) is 6.06. The van der Waals surface area contributed by atoms with Crippen molar-refractivity contribution in [2.45, 2.75) is 39.8 Å². The van der Waals surface area contributed by atoms with E-state index in [0.29, 0.717) is 29.2 Å². The summed E-state index contributed by atoms with van der Waals surface area (Å²) >= 11 is 0. The number of para-hydroxylation sites is 2. The van der Waals surface area contributed by atoms with Crippen molar-refractivity contribution in [3.05, 3.63) is 89.7 Å². The van der Waals surface area contributed by atoms with Gasteiger partial charge in [-0.3, -0.25) is 14.5 Å². The van der Waals surface area contributed by atoms with Gasteiger partial charge in [0.05, 0.1) is 5.52 Å². The number of nitrogens with zero attached hydrogens (tertiary/aromatic N) is 4. The molecule has 0 aliphatic rings. The predicted octanol–water partition coefficient (Wildman–Crippen LogP) is 4.82. The van der Waals surface area contributed by atoms with Gasteiger partial charge in [0, 0.05) is 12.2 Å². The van der Waals surface area contributed by atoms with Gasteiger partial charge in [0.15, 0.2) is 0 Å². The van der Waals surface area contributed by atoms with Crippen LogP contribution in [0.1, 0.15) is 37.4 Å². The molecule has 1 aromatic heterocycles. The molecular weight excluding hydrogens is 457 g/mol. The van der Waals surface area contributed by atoms with Crippen molar-refractivity contribution in [1.82, 2.24) is 20.3 Å². The molecular formula is C28H30FN5O2.